The molecular weight excluding hydrogens is 470 g/mol. The van der Waals surface area contributed by atoms with Gasteiger partial charge in [0.05, 0.1) is 6.04 Å². The van der Waals surface area contributed by atoms with Crippen molar-refractivity contribution >= 4 is 47.3 Å². The van der Waals surface area contributed by atoms with Crippen LogP contribution in [0, 0.1) is 0 Å². The number of hydrogen-bond acceptors (Lipinski definition) is 8. The average molecular weight is 504 g/mol. The van der Waals surface area contributed by atoms with E-state index in [1.807, 2.05) is 6.26 Å². The molecule has 4 atom stereocenters. The van der Waals surface area contributed by atoms with Crippen LogP contribution in [-0.4, -0.2) is 93.4 Å². The van der Waals surface area contributed by atoms with E-state index in [-0.39, 0.29) is 32.2 Å². The molecule has 0 aromatic rings. The van der Waals surface area contributed by atoms with E-state index in [4.69, 9.17) is 16.6 Å². The van der Waals surface area contributed by atoms with Crippen LogP contribution in [0.2, 0.25) is 0 Å². The summed E-state index contributed by atoms with van der Waals surface area (Å²) in [5.41, 5.74) is 11.0. The number of carboxylic acids is 2. The lowest BCUT2D eigenvalue weighted by Crippen LogP contribution is -2.57. The highest BCUT2D eigenvalue weighted by Gasteiger charge is 2.38. The molecule has 0 aromatic heterocycles. The third-order valence-electron chi connectivity index (χ3n) is 5.36. The molecule has 0 aromatic carbocycles. The Kier molecular flexibility index (Phi) is 12.4. The normalized spacial score (nSPS) is 17.9. The molecule has 1 aliphatic heterocycles. The third kappa shape index (κ3) is 9.55. The molecule has 0 bridgehead atoms. The molecule has 1 saturated heterocycles. The smallest absolute Gasteiger partial charge is 0.326 e. The molecule has 1 fully saturated rings. The minimum absolute atomic E-state index is 0.169. The van der Waals surface area contributed by atoms with Gasteiger partial charge in [-0.3, -0.25) is 24.0 Å². The Balaban J connectivity index is 3.02. The summed E-state index contributed by atoms with van der Waals surface area (Å²) >= 11 is 1.48. The van der Waals surface area contributed by atoms with Crippen LogP contribution in [0.4, 0.5) is 0 Å². The number of hydrogen-bond donors (Lipinski definition) is 6. The zero-order chi connectivity index (χ0) is 25.8. The lowest BCUT2D eigenvalue weighted by atomic mass is 10.1. The summed E-state index contributed by atoms with van der Waals surface area (Å²) in [5, 5.41) is 23.2. The number of likely N-dealkylation sites (tertiary alicyclic amines) is 1. The van der Waals surface area contributed by atoms with Gasteiger partial charge < -0.3 is 37.2 Å². The Hall–Kier alpha value is -2.87. The topological polar surface area (TPSA) is 222 Å². The van der Waals surface area contributed by atoms with Gasteiger partial charge in [0.2, 0.25) is 23.6 Å². The number of nitrogens with one attached hydrogen (secondary N) is 2. The second-order valence-corrected chi connectivity index (χ2v) is 8.96. The van der Waals surface area contributed by atoms with E-state index >= 15 is 0 Å². The van der Waals surface area contributed by atoms with Crippen molar-refractivity contribution in [2.75, 3.05) is 18.6 Å². The second-order valence-electron chi connectivity index (χ2n) is 7.98. The van der Waals surface area contributed by atoms with Crippen molar-refractivity contribution in [1.82, 2.24) is 15.5 Å². The van der Waals surface area contributed by atoms with E-state index < -0.39 is 66.2 Å². The number of primary amides is 1. The van der Waals surface area contributed by atoms with Crippen LogP contribution in [0.25, 0.3) is 0 Å². The third-order valence-corrected chi connectivity index (χ3v) is 6.01. The Morgan fingerprint density at radius 1 is 1.00 bits per heavy atom. The number of nitrogens with two attached hydrogens (primary N) is 2. The Labute approximate surface area is 201 Å². The SMILES string of the molecule is CSCCC(N)C(=O)NC(CCC(=O)O)C(=O)NC(CCC(N)=O)C(=O)N1CCCC1C(=O)O. The number of aliphatic carboxylic acids is 2. The van der Waals surface area contributed by atoms with E-state index in [9.17, 15) is 33.9 Å². The van der Waals surface area contributed by atoms with Crippen LogP contribution in [0.3, 0.4) is 0 Å². The van der Waals surface area contributed by atoms with Crippen molar-refractivity contribution in [3.05, 3.63) is 0 Å². The Morgan fingerprint density at radius 2 is 1.62 bits per heavy atom. The van der Waals surface area contributed by atoms with Crippen molar-refractivity contribution < 1.29 is 39.0 Å². The highest BCUT2D eigenvalue weighted by molar-refractivity contribution is 7.98. The summed E-state index contributed by atoms with van der Waals surface area (Å²) in [5.74, 6) is -4.69. The first kappa shape index (κ1) is 29.2. The van der Waals surface area contributed by atoms with Crippen molar-refractivity contribution in [1.29, 1.82) is 0 Å². The van der Waals surface area contributed by atoms with E-state index in [1.165, 1.54) is 11.8 Å². The molecule has 0 aliphatic carbocycles. The van der Waals surface area contributed by atoms with Gasteiger partial charge in [-0.1, -0.05) is 0 Å². The van der Waals surface area contributed by atoms with Crippen molar-refractivity contribution in [3.8, 4) is 0 Å². The van der Waals surface area contributed by atoms with E-state index in [2.05, 4.69) is 10.6 Å². The molecular formula is C20H33N5O8S. The number of amides is 4. The van der Waals surface area contributed by atoms with Gasteiger partial charge >= 0.3 is 11.9 Å². The molecule has 4 amide bonds. The molecule has 4 unspecified atom stereocenters. The molecule has 13 nitrogen and oxygen atoms in total. The molecule has 1 heterocycles. The lowest BCUT2D eigenvalue weighted by molar-refractivity contribution is -0.149. The Bertz CT molecular complexity index is 780. The fourth-order valence-electron chi connectivity index (χ4n) is 3.49. The first-order valence-corrected chi connectivity index (χ1v) is 12.3. The predicted octanol–water partition coefficient (Wildman–Crippen LogP) is -1.76. The highest BCUT2D eigenvalue weighted by Crippen LogP contribution is 2.19. The number of carbonyl (C=O) groups excluding carboxylic acids is 4. The molecule has 0 radical (unpaired) electrons. The van der Waals surface area contributed by atoms with Crippen molar-refractivity contribution in [3.63, 3.8) is 0 Å². The van der Waals surface area contributed by atoms with Crippen LogP contribution in [-0.2, 0) is 28.8 Å². The van der Waals surface area contributed by atoms with Gasteiger partial charge in [0.15, 0.2) is 0 Å². The standard InChI is InChI=1S/C20H33N5O8S/c1-34-10-8-11(21)17(29)23-12(5-7-16(27)28)18(30)24-13(4-6-15(22)26)19(31)25-9-2-3-14(25)20(32)33/h11-14H,2-10,21H2,1H3,(H2,22,26)(H,23,29)(H,24,30)(H,27,28)(H,32,33). The van der Waals surface area contributed by atoms with E-state index in [0.717, 1.165) is 4.90 Å². The lowest BCUT2D eigenvalue weighted by Gasteiger charge is -2.28. The molecule has 14 heteroatoms. The molecule has 34 heavy (non-hydrogen) atoms. The van der Waals surface area contributed by atoms with Crippen molar-refractivity contribution in [2.45, 2.75) is 69.1 Å². The fourth-order valence-corrected chi connectivity index (χ4v) is 3.98. The zero-order valence-electron chi connectivity index (χ0n) is 19.0. The molecule has 0 spiro atoms. The van der Waals surface area contributed by atoms with Crippen LogP contribution in [0.5, 0.6) is 0 Å². The van der Waals surface area contributed by atoms with Gasteiger partial charge in [-0.25, -0.2) is 4.79 Å². The number of thioether (sulfide) groups is 1. The molecule has 1 aliphatic rings. The summed E-state index contributed by atoms with van der Waals surface area (Å²) < 4.78 is 0. The fraction of sp³-hybridized carbons (Fsp3) is 0.700. The Morgan fingerprint density at radius 3 is 2.18 bits per heavy atom. The molecule has 8 N–H and O–H groups in total. The number of rotatable bonds is 15. The van der Waals surface area contributed by atoms with Crippen LogP contribution >= 0.6 is 11.8 Å². The summed E-state index contributed by atoms with van der Waals surface area (Å²) in [6, 6.07) is -4.56. The minimum Gasteiger partial charge on any atom is -0.481 e. The molecule has 0 saturated carbocycles. The molecule has 192 valence electrons. The maximum absolute atomic E-state index is 13.0. The quantitative estimate of drug-likeness (QED) is 0.148. The van der Waals surface area contributed by atoms with Crippen molar-refractivity contribution in [2.24, 2.45) is 11.5 Å². The summed E-state index contributed by atoms with van der Waals surface area (Å²) in [6.07, 6.45) is 1.75. The monoisotopic (exact) mass is 503 g/mol. The largest absolute Gasteiger partial charge is 0.481 e. The maximum atomic E-state index is 13.0. The first-order valence-electron chi connectivity index (χ1n) is 10.9. The van der Waals surface area contributed by atoms with E-state index in [0.29, 0.717) is 18.6 Å². The number of carbonyl (C=O) groups is 6. The maximum Gasteiger partial charge on any atom is 0.326 e. The van der Waals surface area contributed by atoms with Gasteiger partial charge in [0.1, 0.15) is 18.1 Å². The summed E-state index contributed by atoms with van der Waals surface area (Å²) in [7, 11) is 0. The van der Waals surface area contributed by atoms with Gasteiger partial charge in [-0.05, 0) is 44.1 Å². The van der Waals surface area contributed by atoms with E-state index in [1.54, 1.807) is 0 Å². The first-order chi connectivity index (χ1) is 16.0. The second kappa shape index (κ2) is 14.4. The summed E-state index contributed by atoms with van der Waals surface area (Å²) in [6.45, 7) is 0.169. The summed E-state index contributed by atoms with van der Waals surface area (Å²) in [4.78, 5) is 73.3. The zero-order valence-corrected chi connectivity index (χ0v) is 19.8. The minimum atomic E-state index is -1.30. The number of carboxylic acid groups (broad SMARTS) is 2. The van der Waals surface area contributed by atoms with Gasteiger partial charge in [0.25, 0.3) is 0 Å². The van der Waals surface area contributed by atoms with Gasteiger partial charge in [0, 0.05) is 19.4 Å². The van der Waals surface area contributed by atoms with Crippen LogP contribution in [0.15, 0.2) is 0 Å². The predicted molar refractivity (Wildman–Crippen MR) is 123 cm³/mol. The van der Waals surface area contributed by atoms with Gasteiger partial charge in [-0.2, -0.15) is 11.8 Å². The van der Waals surface area contributed by atoms with Crippen LogP contribution < -0.4 is 22.1 Å². The number of nitrogens with zero attached hydrogens (tertiary/aromatic N) is 1. The average Bonchev–Trinajstić information content (AvgIpc) is 3.26. The van der Waals surface area contributed by atoms with Crippen LogP contribution in [0.1, 0.15) is 44.9 Å². The van der Waals surface area contributed by atoms with Gasteiger partial charge in [-0.15, -0.1) is 0 Å². The molecule has 1 rings (SSSR count). The highest BCUT2D eigenvalue weighted by atomic mass is 32.2.